The van der Waals surface area contributed by atoms with Crippen molar-refractivity contribution < 1.29 is 19.1 Å². The third kappa shape index (κ3) is 5.39. The van der Waals surface area contributed by atoms with Crippen LogP contribution in [0.2, 0.25) is 0 Å². The van der Waals surface area contributed by atoms with E-state index in [0.717, 1.165) is 5.69 Å². The summed E-state index contributed by atoms with van der Waals surface area (Å²) in [7, 11) is 6.87. The molecule has 3 aromatic rings. The molecular formula is C24H24BrN3O4. The molecule has 0 aromatic heterocycles. The summed E-state index contributed by atoms with van der Waals surface area (Å²) >= 11 is 3.44. The van der Waals surface area contributed by atoms with E-state index in [9.17, 15) is 9.59 Å². The summed E-state index contributed by atoms with van der Waals surface area (Å²) in [6.45, 7) is 0. The normalized spacial score (nSPS) is 10.3. The highest BCUT2D eigenvalue weighted by Gasteiger charge is 2.14. The van der Waals surface area contributed by atoms with Crippen molar-refractivity contribution in [3.63, 3.8) is 0 Å². The molecule has 0 unspecified atom stereocenters. The van der Waals surface area contributed by atoms with Crippen molar-refractivity contribution in [3.05, 3.63) is 76.3 Å². The monoisotopic (exact) mass is 497 g/mol. The molecule has 0 atom stereocenters. The number of carbonyl (C=O) groups is 2. The molecule has 8 heteroatoms. The van der Waals surface area contributed by atoms with Crippen LogP contribution in [0, 0.1) is 0 Å². The zero-order chi connectivity index (χ0) is 23.3. The van der Waals surface area contributed by atoms with Gasteiger partial charge in [0.05, 0.1) is 19.9 Å². The van der Waals surface area contributed by atoms with E-state index in [2.05, 4.69) is 26.6 Å². The highest BCUT2D eigenvalue weighted by Crippen LogP contribution is 2.30. The number of nitrogens with one attached hydrogen (secondary N) is 2. The van der Waals surface area contributed by atoms with E-state index in [1.807, 2.05) is 37.2 Å². The molecule has 0 heterocycles. The van der Waals surface area contributed by atoms with Crippen molar-refractivity contribution in [2.75, 3.05) is 43.8 Å². The van der Waals surface area contributed by atoms with Crippen LogP contribution in [0.25, 0.3) is 0 Å². The second kappa shape index (κ2) is 10.2. The number of carbonyl (C=O) groups excluding carboxylic acids is 2. The highest BCUT2D eigenvalue weighted by molar-refractivity contribution is 9.10. The van der Waals surface area contributed by atoms with Crippen molar-refractivity contribution in [1.29, 1.82) is 0 Å². The Morgan fingerprint density at radius 2 is 1.50 bits per heavy atom. The van der Waals surface area contributed by atoms with Gasteiger partial charge in [0.15, 0.2) is 11.5 Å². The molecular weight excluding hydrogens is 474 g/mol. The van der Waals surface area contributed by atoms with Crippen molar-refractivity contribution in [2.45, 2.75) is 0 Å². The minimum absolute atomic E-state index is 0.242. The first-order valence-electron chi connectivity index (χ1n) is 9.74. The number of hydrogen-bond donors (Lipinski definition) is 2. The smallest absolute Gasteiger partial charge is 0.255 e. The fourth-order valence-electron chi connectivity index (χ4n) is 3.00. The lowest BCUT2D eigenvalue weighted by Crippen LogP contribution is -2.15. The van der Waals surface area contributed by atoms with Crippen LogP contribution in [0.15, 0.2) is 65.1 Å². The molecule has 3 aromatic carbocycles. The minimum Gasteiger partial charge on any atom is -0.493 e. The largest absolute Gasteiger partial charge is 0.493 e. The fraction of sp³-hybridized carbons (Fsp3) is 0.167. The Balaban J connectivity index is 1.78. The van der Waals surface area contributed by atoms with Gasteiger partial charge in [-0.05, 0) is 70.5 Å². The molecule has 0 saturated carbocycles. The highest BCUT2D eigenvalue weighted by atomic mass is 79.9. The van der Waals surface area contributed by atoms with Crippen LogP contribution in [-0.2, 0) is 0 Å². The molecule has 0 aliphatic carbocycles. The van der Waals surface area contributed by atoms with Crippen LogP contribution in [0.3, 0.4) is 0 Å². The lowest BCUT2D eigenvalue weighted by molar-refractivity contribution is 0.101. The third-order valence-corrected chi connectivity index (χ3v) is 5.43. The van der Waals surface area contributed by atoms with Crippen LogP contribution in [0.4, 0.5) is 17.1 Å². The Hall–Kier alpha value is -3.52. The van der Waals surface area contributed by atoms with Gasteiger partial charge in [0.25, 0.3) is 11.8 Å². The Morgan fingerprint density at radius 3 is 2.19 bits per heavy atom. The van der Waals surface area contributed by atoms with Crippen LogP contribution in [0.1, 0.15) is 20.7 Å². The van der Waals surface area contributed by atoms with Crippen LogP contribution < -0.4 is 25.0 Å². The number of hydrogen-bond acceptors (Lipinski definition) is 5. The maximum atomic E-state index is 12.8. The summed E-state index contributed by atoms with van der Waals surface area (Å²) < 4.78 is 11.2. The maximum absolute atomic E-state index is 12.8. The molecule has 0 aliphatic heterocycles. The number of rotatable bonds is 7. The topological polar surface area (TPSA) is 79.9 Å². The zero-order valence-electron chi connectivity index (χ0n) is 18.2. The molecule has 0 spiro atoms. The molecule has 2 N–H and O–H groups in total. The summed E-state index contributed by atoms with van der Waals surface area (Å²) in [5.41, 5.74) is 2.94. The van der Waals surface area contributed by atoms with E-state index in [-0.39, 0.29) is 11.8 Å². The van der Waals surface area contributed by atoms with Gasteiger partial charge in [0, 0.05) is 41.1 Å². The number of halogens is 1. The average Bonchev–Trinajstić information content (AvgIpc) is 2.80. The van der Waals surface area contributed by atoms with E-state index in [1.165, 1.54) is 14.2 Å². The fourth-order valence-corrected chi connectivity index (χ4v) is 3.35. The van der Waals surface area contributed by atoms with Gasteiger partial charge in [-0.2, -0.15) is 0 Å². The molecule has 0 saturated heterocycles. The van der Waals surface area contributed by atoms with Gasteiger partial charge in [-0.25, -0.2) is 0 Å². The summed E-state index contributed by atoms with van der Waals surface area (Å²) in [5, 5.41) is 5.72. The molecule has 0 radical (unpaired) electrons. The second-order valence-electron chi connectivity index (χ2n) is 7.12. The molecule has 0 aliphatic rings. The third-order valence-electron chi connectivity index (χ3n) is 4.74. The summed E-state index contributed by atoms with van der Waals surface area (Å²) in [6, 6.07) is 17.4. The Kier molecular flexibility index (Phi) is 7.37. The van der Waals surface area contributed by atoms with Crippen molar-refractivity contribution in [1.82, 2.24) is 0 Å². The predicted octanol–water partition coefficient (Wildman–Crippen LogP) is 5.04. The zero-order valence-corrected chi connectivity index (χ0v) is 19.8. The number of ether oxygens (including phenoxy) is 2. The number of amides is 2. The van der Waals surface area contributed by atoms with Gasteiger partial charge in [-0.15, -0.1) is 0 Å². The van der Waals surface area contributed by atoms with Gasteiger partial charge in [0.1, 0.15) is 0 Å². The van der Waals surface area contributed by atoms with Gasteiger partial charge >= 0.3 is 0 Å². The first kappa shape index (κ1) is 23.1. The SMILES string of the molecule is COc1ccc(C(=O)Nc2cc(NC(=O)c3cccc(N(C)C)c3)ccc2Br)cc1OC. The van der Waals surface area contributed by atoms with Crippen LogP contribution in [-0.4, -0.2) is 40.1 Å². The summed E-state index contributed by atoms with van der Waals surface area (Å²) in [6.07, 6.45) is 0. The van der Waals surface area contributed by atoms with E-state index < -0.39 is 0 Å². The van der Waals surface area contributed by atoms with Crippen LogP contribution >= 0.6 is 15.9 Å². The molecule has 2 amide bonds. The molecule has 0 bridgehead atoms. The first-order chi connectivity index (χ1) is 15.3. The average molecular weight is 498 g/mol. The van der Waals surface area contributed by atoms with Gasteiger partial charge in [-0.1, -0.05) is 6.07 Å². The lowest BCUT2D eigenvalue weighted by atomic mass is 10.1. The standard InChI is InChI=1S/C24H24BrN3O4/c1-28(2)18-7-5-6-15(12-18)23(29)26-17-9-10-19(25)20(14-17)27-24(30)16-8-11-21(31-3)22(13-16)32-4/h5-14H,1-4H3,(H,26,29)(H,27,30). The van der Waals surface area contributed by atoms with E-state index in [0.29, 0.717) is 38.5 Å². The molecule has 3 rings (SSSR count). The molecule has 166 valence electrons. The lowest BCUT2D eigenvalue weighted by Gasteiger charge is -2.14. The van der Waals surface area contributed by atoms with Gasteiger partial charge in [0.2, 0.25) is 0 Å². The van der Waals surface area contributed by atoms with Crippen LogP contribution in [0.5, 0.6) is 11.5 Å². The number of benzene rings is 3. The maximum Gasteiger partial charge on any atom is 0.255 e. The van der Waals surface area contributed by atoms with E-state index in [1.54, 1.807) is 42.5 Å². The number of anilines is 3. The quantitative estimate of drug-likeness (QED) is 0.478. The van der Waals surface area contributed by atoms with Crippen molar-refractivity contribution in [2.24, 2.45) is 0 Å². The Bertz CT molecular complexity index is 1150. The predicted molar refractivity (Wildman–Crippen MR) is 130 cm³/mol. The van der Waals surface area contributed by atoms with E-state index in [4.69, 9.17) is 9.47 Å². The summed E-state index contributed by atoms with van der Waals surface area (Å²) in [5.74, 6) is 0.426. The molecule has 0 fully saturated rings. The van der Waals surface area contributed by atoms with Gasteiger partial charge in [-0.3, -0.25) is 9.59 Å². The molecule has 32 heavy (non-hydrogen) atoms. The first-order valence-corrected chi connectivity index (χ1v) is 10.5. The van der Waals surface area contributed by atoms with E-state index >= 15 is 0 Å². The second-order valence-corrected chi connectivity index (χ2v) is 7.97. The Labute approximate surface area is 195 Å². The van der Waals surface area contributed by atoms with Gasteiger partial charge < -0.3 is 25.0 Å². The van der Waals surface area contributed by atoms with Crippen molar-refractivity contribution in [3.8, 4) is 11.5 Å². The summed E-state index contributed by atoms with van der Waals surface area (Å²) in [4.78, 5) is 27.4. The number of methoxy groups -OCH3 is 2. The van der Waals surface area contributed by atoms with Crippen molar-refractivity contribution >= 4 is 44.8 Å². The number of nitrogens with zero attached hydrogens (tertiary/aromatic N) is 1. The molecule has 7 nitrogen and oxygen atoms in total. The minimum atomic E-state index is -0.325. The Morgan fingerprint density at radius 1 is 0.812 bits per heavy atom.